The number of nitrogens with two attached hydrogens (primary N) is 1. The summed E-state index contributed by atoms with van der Waals surface area (Å²) >= 11 is 0. The Morgan fingerprint density at radius 2 is 2.05 bits per heavy atom. The quantitative estimate of drug-likeness (QED) is 0.349. The highest BCUT2D eigenvalue weighted by Crippen LogP contribution is 2.26. The van der Waals surface area contributed by atoms with E-state index in [4.69, 9.17) is 10.9 Å². The first kappa shape index (κ1) is 16.3. The van der Waals surface area contributed by atoms with Gasteiger partial charge in [0.15, 0.2) is 0 Å². The number of rotatable bonds is 5. The van der Waals surface area contributed by atoms with Crippen LogP contribution in [0.1, 0.15) is 53.4 Å². The number of nitrogens with zero attached hydrogens (tertiary/aromatic N) is 2. The minimum atomic E-state index is -0.224. The van der Waals surface area contributed by atoms with E-state index in [0.717, 1.165) is 24.8 Å². The zero-order chi connectivity index (χ0) is 14.5. The van der Waals surface area contributed by atoms with Gasteiger partial charge in [0, 0.05) is 5.41 Å². The average molecular weight is 269 g/mol. The Morgan fingerprint density at radius 3 is 2.63 bits per heavy atom. The Kier molecular flexibility index (Phi) is 6.11. The van der Waals surface area contributed by atoms with Gasteiger partial charge in [-0.2, -0.15) is 0 Å². The maximum Gasteiger partial charge on any atom is 0.144 e. The van der Waals surface area contributed by atoms with Crippen LogP contribution >= 0.6 is 0 Å². The molecule has 1 aliphatic rings. The molecule has 3 N–H and O–H groups in total. The number of likely N-dealkylation sites (tertiary alicyclic amines) is 1. The summed E-state index contributed by atoms with van der Waals surface area (Å²) in [7, 11) is 0. The SMILES string of the molecule is CC(C)C1CCCN(CCC(C)(C)C(N)=NO)CC1. The van der Waals surface area contributed by atoms with Gasteiger partial charge in [0.2, 0.25) is 0 Å². The lowest BCUT2D eigenvalue weighted by Crippen LogP contribution is -2.36. The second-order valence-corrected chi connectivity index (χ2v) is 6.90. The van der Waals surface area contributed by atoms with Crippen LogP contribution < -0.4 is 5.73 Å². The molecule has 0 aliphatic carbocycles. The second kappa shape index (κ2) is 7.13. The van der Waals surface area contributed by atoms with Crippen molar-refractivity contribution in [3.63, 3.8) is 0 Å². The summed E-state index contributed by atoms with van der Waals surface area (Å²) in [4.78, 5) is 2.54. The fraction of sp³-hybridized carbons (Fsp3) is 0.933. The van der Waals surface area contributed by atoms with Crippen LogP contribution in [0.2, 0.25) is 0 Å². The predicted molar refractivity (Wildman–Crippen MR) is 80.4 cm³/mol. The molecular formula is C15H31N3O. The summed E-state index contributed by atoms with van der Waals surface area (Å²) in [5.41, 5.74) is 5.52. The van der Waals surface area contributed by atoms with Crippen molar-refractivity contribution >= 4 is 5.84 Å². The molecule has 1 heterocycles. The van der Waals surface area contributed by atoms with Crippen LogP contribution in [0.3, 0.4) is 0 Å². The lowest BCUT2D eigenvalue weighted by molar-refractivity contribution is 0.241. The monoisotopic (exact) mass is 269 g/mol. The smallest absolute Gasteiger partial charge is 0.144 e. The summed E-state index contributed by atoms with van der Waals surface area (Å²) in [6.45, 7) is 12.2. The van der Waals surface area contributed by atoms with E-state index in [1.165, 1.54) is 32.4 Å². The highest BCUT2D eigenvalue weighted by Gasteiger charge is 2.25. The van der Waals surface area contributed by atoms with E-state index in [1.807, 2.05) is 13.8 Å². The molecule has 4 heteroatoms. The van der Waals surface area contributed by atoms with Crippen LogP contribution in [0.5, 0.6) is 0 Å². The van der Waals surface area contributed by atoms with Crippen molar-refractivity contribution in [3.05, 3.63) is 0 Å². The van der Waals surface area contributed by atoms with E-state index < -0.39 is 0 Å². The van der Waals surface area contributed by atoms with Gasteiger partial charge in [0.25, 0.3) is 0 Å². The Hall–Kier alpha value is -0.770. The van der Waals surface area contributed by atoms with E-state index in [1.54, 1.807) is 0 Å². The lowest BCUT2D eigenvalue weighted by atomic mass is 9.88. The van der Waals surface area contributed by atoms with Gasteiger partial charge in [-0.05, 0) is 57.2 Å². The minimum absolute atomic E-state index is 0.224. The van der Waals surface area contributed by atoms with E-state index in [9.17, 15) is 0 Å². The van der Waals surface area contributed by atoms with Crippen molar-refractivity contribution < 1.29 is 5.21 Å². The normalized spacial score (nSPS) is 23.6. The first-order valence-electron chi connectivity index (χ1n) is 7.57. The standard InChI is InChI=1S/C15H31N3O/c1-12(2)13-6-5-9-18(10-7-13)11-8-15(3,4)14(16)17-19/h12-13,19H,5-11H2,1-4H3,(H2,16,17). The predicted octanol–water partition coefficient (Wildman–Crippen LogP) is 2.91. The number of oxime groups is 1. The first-order valence-corrected chi connectivity index (χ1v) is 7.57. The highest BCUT2D eigenvalue weighted by molar-refractivity contribution is 5.85. The molecule has 0 aromatic carbocycles. The summed E-state index contributed by atoms with van der Waals surface area (Å²) in [6.07, 6.45) is 4.90. The van der Waals surface area contributed by atoms with Crippen molar-refractivity contribution in [2.45, 2.75) is 53.4 Å². The van der Waals surface area contributed by atoms with Gasteiger partial charge in [0.05, 0.1) is 0 Å². The van der Waals surface area contributed by atoms with E-state index in [-0.39, 0.29) is 5.41 Å². The van der Waals surface area contributed by atoms with Gasteiger partial charge in [-0.3, -0.25) is 0 Å². The van der Waals surface area contributed by atoms with E-state index in [0.29, 0.717) is 5.84 Å². The molecule has 0 bridgehead atoms. The van der Waals surface area contributed by atoms with Gasteiger partial charge in [0.1, 0.15) is 5.84 Å². The fourth-order valence-electron chi connectivity index (χ4n) is 2.77. The largest absolute Gasteiger partial charge is 0.409 e. The van der Waals surface area contributed by atoms with Gasteiger partial charge in [-0.1, -0.05) is 32.9 Å². The lowest BCUT2D eigenvalue weighted by Gasteiger charge is -2.27. The molecule has 1 atom stereocenters. The number of amidine groups is 1. The van der Waals surface area contributed by atoms with Crippen molar-refractivity contribution in [3.8, 4) is 0 Å². The first-order chi connectivity index (χ1) is 8.86. The Balaban J connectivity index is 2.42. The van der Waals surface area contributed by atoms with Crippen LogP contribution in [-0.4, -0.2) is 35.6 Å². The van der Waals surface area contributed by atoms with Gasteiger partial charge in [-0.15, -0.1) is 0 Å². The summed E-state index contributed by atoms with van der Waals surface area (Å²) < 4.78 is 0. The van der Waals surface area contributed by atoms with Crippen LogP contribution in [0.15, 0.2) is 5.16 Å². The summed E-state index contributed by atoms with van der Waals surface area (Å²) in [6, 6.07) is 0. The Labute approximate surface area is 118 Å². The molecule has 112 valence electrons. The minimum Gasteiger partial charge on any atom is -0.409 e. The molecular weight excluding hydrogens is 238 g/mol. The van der Waals surface area contributed by atoms with Gasteiger partial charge < -0.3 is 15.8 Å². The van der Waals surface area contributed by atoms with Crippen molar-refractivity contribution in [2.75, 3.05) is 19.6 Å². The second-order valence-electron chi connectivity index (χ2n) is 6.90. The summed E-state index contributed by atoms with van der Waals surface area (Å²) in [5, 5.41) is 12.0. The van der Waals surface area contributed by atoms with Crippen LogP contribution in [-0.2, 0) is 0 Å². The number of hydrogen-bond donors (Lipinski definition) is 2. The van der Waals surface area contributed by atoms with E-state index in [2.05, 4.69) is 23.9 Å². The third kappa shape index (κ3) is 5.01. The maximum atomic E-state index is 8.80. The zero-order valence-corrected chi connectivity index (χ0v) is 13.0. The third-order valence-electron chi connectivity index (χ3n) is 4.66. The molecule has 1 fully saturated rings. The summed E-state index contributed by atoms with van der Waals surface area (Å²) in [5.74, 6) is 2.01. The molecule has 0 aromatic rings. The molecule has 4 nitrogen and oxygen atoms in total. The molecule has 19 heavy (non-hydrogen) atoms. The van der Waals surface area contributed by atoms with Gasteiger partial charge in [-0.25, -0.2) is 0 Å². The maximum absolute atomic E-state index is 8.80. The molecule has 1 aliphatic heterocycles. The molecule has 0 radical (unpaired) electrons. The van der Waals surface area contributed by atoms with Crippen molar-refractivity contribution in [1.82, 2.24) is 4.90 Å². The molecule has 1 saturated heterocycles. The highest BCUT2D eigenvalue weighted by atomic mass is 16.4. The molecule has 1 unspecified atom stereocenters. The molecule has 0 aromatic heterocycles. The Bertz CT molecular complexity index is 300. The molecule has 0 amide bonds. The van der Waals surface area contributed by atoms with Crippen LogP contribution in [0.25, 0.3) is 0 Å². The van der Waals surface area contributed by atoms with Crippen LogP contribution in [0, 0.1) is 17.3 Å². The third-order valence-corrected chi connectivity index (χ3v) is 4.66. The van der Waals surface area contributed by atoms with E-state index >= 15 is 0 Å². The van der Waals surface area contributed by atoms with Crippen molar-refractivity contribution in [2.24, 2.45) is 28.1 Å². The average Bonchev–Trinajstić information content (AvgIpc) is 2.60. The van der Waals surface area contributed by atoms with Crippen LogP contribution in [0.4, 0.5) is 0 Å². The van der Waals surface area contributed by atoms with Crippen molar-refractivity contribution in [1.29, 1.82) is 0 Å². The van der Waals surface area contributed by atoms with Gasteiger partial charge >= 0.3 is 0 Å². The molecule has 0 saturated carbocycles. The fourth-order valence-corrected chi connectivity index (χ4v) is 2.77. The Morgan fingerprint density at radius 1 is 1.37 bits per heavy atom. The number of hydrogen-bond acceptors (Lipinski definition) is 3. The zero-order valence-electron chi connectivity index (χ0n) is 13.0. The molecule has 1 rings (SSSR count). The topological polar surface area (TPSA) is 61.8 Å². The molecule has 0 spiro atoms.